The van der Waals surface area contributed by atoms with Gasteiger partial charge in [0.2, 0.25) is 0 Å². The Kier molecular flexibility index (Phi) is 2.76. The van der Waals surface area contributed by atoms with Crippen LogP contribution in [0.1, 0.15) is 46.0 Å². The zero-order valence-corrected chi connectivity index (χ0v) is 13.2. The van der Waals surface area contributed by atoms with Gasteiger partial charge in [-0.05, 0) is 73.0 Å². The van der Waals surface area contributed by atoms with Crippen LogP contribution in [-0.2, 0) is 0 Å². The molecule has 2 heteroatoms. The summed E-state index contributed by atoms with van der Waals surface area (Å²) >= 11 is 0. The van der Waals surface area contributed by atoms with E-state index in [-0.39, 0.29) is 16.9 Å². The fourth-order valence-corrected chi connectivity index (χ4v) is 5.96. The molecule has 114 valence electrons. The number of rotatable bonds is 0. The first-order chi connectivity index (χ1) is 9.95. The molecule has 0 aromatic carbocycles. The lowest BCUT2D eigenvalue weighted by Crippen LogP contribution is -2.49. The summed E-state index contributed by atoms with van der Waals surface area (Å²) in [6.07, 6.45) is 14.7. The van der Waals surface area contributed by atoms with Crippen LogP contribution in [0.2, 0.25) is 0 Å². The van der Waals surface area contributed by atoms with Crippen LogP contribution in [0.15, 0.2) is 35.6 Å². The molecule has 2 nitrogen and oxygen atoms in total. The van der Waals surface area contributed by atoms with E-state index in [2.05, 4.69) is 38.2 Å². The average molecular weight is 285 g/mol. The lowest BCUT2D eigenvalue weighted by Gasteiger charge is -2.55. The summed E-state index contributed by atoms with van der Waals surface area (Å²) in [6.45, 7) is 4.73. The molecule has 0 saturated heterocycles. The summed E-state index contributed by atoms with van der Waals surface area (Å²) in [4.78, 5) is 0. The second-order valence-electron chi connectivity index (χ2n) is 8.17. The molecule has 0 spiro atoms. The Morgan fingerprint density at radius 2 is 2.00 bits per heavy atom. The minimum atomic E-state index is -0.0842. The second kappa shape index (κ2) is 4.25. The fraction of sp³-hybridized carbons (Fsp3) is 0.684. The maximum absolute atomic E-state index is 10.4. The van der Waals surface area contributed by atoms with Gasteiger partial charge in [-0.3, -0.25) is 0 Å². The zero-order valence-electron chi connectivity index (χ0n) is 13.2. The van der Waals surface area contributed by atoms with Crippen molar-refractivity contribution in [3.05, 3.63) is 35.6 Å². The van der Waals surface area contributed by atoms with Gasteiger partial charge in [-0.1, -0.05) is 26.0 Å². The lowest BCUT2D eigenvalue weighted by molar-refractivity contribution is -0.0526. The number of allylic oxidation sites excluding steroid dienone is 5. The predicted octanol–water partition coefficient (Wildman–Crippen LogP) is 3.54. The fourth-order valence-electron chi connectivity index (χ4n) is 5.96. The highest BCUT2D eigenvalue weighted by Gasteiger charge is 2.57. The number of hydrogen-bond acceptors (Lipinski definition) is 2. The standard InChI is InChI=1S/C19H27NO/c1-18-9-7-13(20)11-12(18)3-4-14-15-5-6-17(21)19(15,2)10-8-16(14)18/h3,7,9,11,14-17,21H,4-6,8,10,20H2,1-2H3/t14-,15-,16-,17-,18-,19-/m0/s1. The molecule has 4 rings (SSSR count). The van der Waals surface area contributed by atoms with E-state index in [1.807, 2.05) is 0 Å². The van der Waals surface area contributed by atoms with E-state index in [9.17, 15) is 5.11 Å². The quantitative estimate of drug-likeness (QED) is 0.715. The molecule has 0 aromatic heterocycles. The Bertz CT molecular complexity index is 560. The highest BCUT2D eigenvalue weighted by Crippen LogP contribution is 2.63. The van der Waals surface area contributed by atoms with Gasteiger partial charge in [0.25, 0.3) is 0 Å². The van der Waals surface area contributed by atoms with Crippen LogP contribution in [0.25, 0.3) is 0 Å². The molecule has 0 aromatic rings. The Morgan fingerprint density at radius 3 is 2.81 bits per heavy atom. The molecule has 0 amide bonds. The van der Waals surface area contributed by atoms with Crippen molar-refractivity contribution in [3.8, 4) is 0 Å². The first kappa shape index (κ1) is 13.6. The van der Waals surface area contributed by atoms with Crippen molar-refractivity contribution in [1.29, 1.82) is 0 Å². The van der Waals surface area contributed by atoms with Crippen LogP contribution in [0, 0.1) is 28.6 Å². The van der Waals surface area contributed by atoms with Crippen LogP contribution in [-0.4, -0.2) is 11.2 Å². The molecule has 0 unspecified atom stereocenters. The second-order valence-corrected chi connectivity index (χ2v) is 8.17. The maximum atomic E-state index is 10.4. The smallest absolute Gasteiger partial charge is 0.0596 e. The third kappa shape index (κ3) is 1.69. The molecular formula is C19H27NO. The number of fused-ring (bicyclic) bond motifs is 5. The van der Waals surface area contributed by atoms with Gasteiger partial charge >= 0.3 is 0 Å². The van der Waals surface area contributed by atoms with E-state index in [1.54, 1.807) is 0 Å². The van der Waals surface area contributed by atoms with Gasteiger partial charge < -0.3 is 10.8 Å². The van der Waals surface area contributed by atoms with Gasteiger partial charge in [0.1, 0.15) is 0 Å². The predicted molar refractivity (Wildman–Crippen MR) is 85.3 cm³/mol. The van der Waals surface area contributed by atoms with Crippen molar-refractivity contribution in [1.82, 2.24) is 0 Å². The molecule has 2 fully saturated rings. The summed E-state index contributed by atoms with van der Waals surface area (Å²) in [7, 11) is 0. The highest BCUT2D eigenvalue weighted by atomic mass is 16.3. The first-order valence-corrected chi connectivity index (χ1v) is 8.50. The molecular weight excluding hydrogens is 258 g/mol. The van der Waals surface area contributed by atoms with E-state index in [0.29, 0.717) is 11.8 Å². The maximum Gasteiger partial charge on any atom is 0.0596 e. The molecule has 4 aliphatic carbocycles. The van der Waals surface area contributed by atoms with E-state index in [1.165, 1.54) is 31.3 Å². The molecule has 4 aliphatic rings. The van der Waals surface area contributed by atoms with Crippen molar-refractivity contribution in [2.45, 2.75) is 52.1 Å². The minimum Gasteiger partial charge on any atom is -0.399 e. The van der Waals surface area contributed by atoms with E-state index < -0.39 is 0 Å². The summed E-state index contributed by atoms with van der Waals surface area (Å²) in [5.41, 5.74) is 8.62. The van der Waals surface area contributed by atoms with Crippen LogP contribution < -0.4 is 5.73 Å². The summed E-state index contributed by atoms with van der Waals surface area (Å²) < 4.78 is 0. The molecule has 6 atom stereocenters. The van der Waals surface area contributed by atoms with Crippen molar-refractivity contribution in [2.24, 2.45) is 34.3 Å². The Labute approximate surface area is 127 Å². The minimum absolute atomic E-state index is 0.0842. The van der Waals surface area contributed by atoms with Gasteiger partial charge in [0.05, 0.1) is 6.10 Å². The van der Waals surface area contributed by atoms with E-state index in [0.717, 1.165) is 18.0 Å². The third-order valence-electron chi connectivity index (χ3n) is 7.33. The van der Waals surface area contributed by atoms with Gasteiger partial charge in [-0.25, -0.2) is 0 Å². The van der Waals surface area contributed by atoms with Crippen LogP contribution in [0.3, 0.4) is 0 Å². The normalized spacial score (nSPS) is 51.6. The van der Waals surface area contributed by atoms with Crippen LogP contribution in [0.4, 0.5) is 0 Å². The first-order valence-electron chi connectivity index (χ1n) is 8.50. The topological polar surface area (TPSA) is 46.2 Å². The Balaban J connectivity index is 1.73. The molecule has 2 saturated carbocycles. The molecule has 0 heterocycles. The van der Waals surface area contributed by atoms with Gasteiger partial charge in [-0.15, -0.1) is 0 Å². The van der Waals surface area contributed by atoms with Crippen molar-refractivity contribution < 1.29 is 5.11 Å². The average Bonchev–Trinajstić information content (AvgIpc) is 2.76. The monoisotopic (exact) mass is 285 g/mol. The van der Waals surface area contributed by atoms with Crippen molar-refractivity contribution >= 4 is 0 Å². The van der Waals surface area contributed by atoms with Gasteiger partial charge in [-0.2, -0.15) is 0 Å². The summed E-state index contributed by atoms with van der Waals surface area (Å²) in [5, 5.41) is 10.4. The van der Waals surface area contributed by atoms with Crippen molar-refractivity contribution in [3.63, 3.8) is 0 Å². The van der Waals surface area contributed by atoms with E-state index in [4.69, 9.17) is 5.73 Å². The number of aliphatic hydroxyl groups excluding tert-OH is 1. The molecule has 0 radical (unpaired) electrons. The SMILES string of the molecule is C[C@]12CC[C@H]3[C@@H](CC=C4C=C(N)C=C[C@@]43C)[C@@H]1CC[C@@H]2O. The Hall–Kier alpha value is -1.02. The Morgan fingerprint density at radius 1 is 1.19 bits per heavy atom. The number of nitrogens with two attached hydrogens (primary N) is 1. The summed E-state index contributed by atoms with van der Waals surface area (Å²) in [5.74, 6) is 2.13. The third-order valence-corrected chi connectivity index (χ3v) is 7.33. The highest BCUT2D eigenvalue weighted by molar-refractivity contribution is 5.44. The van der Waals surface area contributed by atoms with Crippen LogP contribution >= 0.6 is 0 Å². The van der Waals surface area contributed by atoms with Gasteiger partial charge in [0.15, 0.2) is 0 Å². The summed E-state index contributed by atoms with van der Waals surface area (Å²) in [6, 6.07) is 0. The molecule has 21 heavy (non-hydrogen) atoms. The van der Waals surface area contributed by atoms with Crippen molar-refractivity contribution in [2.75, 3.05) is 0 Å². The number of hydrogen-bond donors (Lipinski definition) is 2. The zero-order chi connectivity index (χ0) is 14.8. The van der Waals surface area contributed by atoms with Crippen LogP contribution in [0.5, 0.6) is 0 Å². The molecule has 0 aliphatic heterocycles. The molecule has 3 N–H and O–H groups in total. The van der Waals surface area contributed by atoms with Gasteiger partial charge in [0, 0.05) is 11.1 Å². The largest absolute Gasteiger partial charge is 0.399 e. The molecule has 0 bridgehead atoms. The lowest BCUT2D eigenvalue weighted by atomic mass is 9.49. The van der Waals surface area contributed by atoms with E-state index >= 15 is 0 Å². The number of aliphatic hydroxyl groups is 1.